The van der Waals surface area contributed by atoms with E-state index in [-0.39, 0.29) is 17.6 Å². The number of hydrogen-bond acceptors (Lipinski definition) is 4. The van der Waals surface area contributed by atoms with Crippen molar-refractivity contribution in [2.75, 3.05) is 36.8 Å². The number of amides is 3. The molecular weight excluding hydrogens is 349 g/mol. The van der Waals surface area contributed by atoms with E-state index in [2.05, 4.69) is 20.5 Å². The molecule has 8 heteroatoms. The fourth-order valence-corrected chi connectivity index (χ4v) is 2.95. The van der Waals surface area contributed by atoms with Gasteiger partial charge in [-0.15, -0.1) is 0 Å². The van der Waals surface area contributed by atoms with Crippen LogP contribution in [0.3, 0.4) is 0 Å². The van der Waals surface area contributed by atoms with Crippen molar-refractivity contribution in [3.8, 4) is 0 Å². The number of aromatic nitrogens is 1. The van der Waals surface area contributed by atoms with Crippen molar-refractivity contribution in [1.29, 1.82) is 0 Å². The number of carbonyl (C=O) groups excluding carboxylic acids is 2. The molecule has 0 aliphatic carbocycles. The van der Waals surface area contributed by atoms with E-state index in [9.17, 15) is 14.0 Å². The van der Waals surface area contributed by atoms with Gasteiger partial charge >= 0.3 is 6.03 Å². The van der Waals surface area contributed by atoms with Crippen LogP contribution in [-0.2, 0) is 11.3 Å². The van der Waals surface area contributed by atoms with Crippen LogP contribution in [0, 0.1) is 5.82 Å². The lowest BCUT2D eigenvalue weighted by atomic mass is 10.2. The normalized spacial score (nSPS) is 14.7. The molecule has 1 aliphatic rings. The van der Waals surface area contributed by atoms with Crippen LogP contribution in [0.2, 0.25) is 0 Å². The smallest absolute Gasteiger partial charge is 0.322 e. The molecule has 2 aromatic rings. The van der Waals surface area contributed by atoms with Gasteiger partial charge in [0, 0.05) is 57.7 Å². The van der Waals surface area contributed by atoms with Crippen LogP contribution < -0.4 is 10.6 Å². The number of nitrogens with zero attached hydrogens (tertiary/aromatic N) is 3. The molecule has 0 spiro atoms. The summed E-state index contributed by atoms with van der Waals surface area (Å²) in [6.07, 6.45) is 3.53. The number of anilines is 2. The van der Waals surface area contributed by atoms with Crippen LogP contribution in [0.25, 0.3) is 0 Å². The Kier molecular flexibility index (Phi) is 5.97. The molecule has 142 valence electrons. The van der Waals surface area contributed by atoms with Crippen molar-refractivity contribution in [2.45, 2.75) is 13.5 Å². The van der Waals surface area contributed by atoms with Crippen LogP contribution >= 0.6 is 0 Å². The van der Waals surface area contributed by atoms with E-state index in [0.29, 0.717) is 18.8 Å². The van der Waals surface area contributed by atoms with E-state index >= 15 is 0 Å². The molecule has 1 aromatic heterocycles. The number of pyridine rings is 1. The van der Waals surface area contributed by atoms with Gasteiger partial charge < -0.3 is 15.5 Å². The summed E-state index contributed by atoms with van der Waals surface area (Å²) in [6, 6.07) is 7.68. The number of rotatable bonds is 4. The van der Waals surface area contributed by atoms with Gasteiger partial charge in [-0.3, -0.25) is 14.7 Å². The Balaban J connectivity index is 1.54. The highest BCUT2D eigenvalue weighted by atomic mass is 19.1. The molecule has 1 aromatic carbocycles. The Labute approximate surface area is 157 Å². The highest BCUT2D eigenvalue weighted by molar-refractivity contribution is 5.92. The first-order valence-electron chi connectivity index (χ1n) is 8.75. The van der Waals surface area contributed by atoms with Crippen molar-refractivity contribution >= 4 is 23.3 Å². The minimum Gasteiger partial charge on any atom is -0.326 e. The second-order valence-electron chi connectivity index (χ2n) is 6.42. The predicted octanol–water partition coefficient (Wildman–Crippen LogP) is 2.53. The highest BCUT2D eigenvalue weighted by Crippen LogP contribution is 2.20. The summed E-state index contributed by atoms with van der Waals surface area (Å²) < 4.78 is 14.0. The lowest BCUT2D eigenvalue weighted by molar-refractivity contribution is -0.114. The van der Waals surface area contributed by atoms with Gasteiger partial charge in [-0.2, -0.15) is 0 Å². The predicted molar refractivity (Wildman–Crippen MR) is 101 cm³/mol. The van der Waals surface area contributed by atoms with E-state index in [1.165, 1.54) is 30.7 Å². The third kappa shape index (κ3) is 5.24. The molecule has 1 saturated heterocycles. The summed E-state index contributed by atoms with van der Waals surface area (Å²) in [5, 5.41) is 5.16. The van der Waals surface area contributed by atoms with Crippen molar-refractivity contribution in [3.05, 3.63) is 54.1 Å². The SMILES string of the molecule is CC(=O)Nc1ccc(F)c(NC(=O)N2CCN(Cc3ccncc3)CC2)c1. The first kappa shape index (κ1) is 18.8. The fourth-order valence-electron chi connectivity index (χ4n) is 2.95. The monoisotopic (exact) mass is 371 g/mol. The molecule has 3 amide bonds. The van der Waals surface area contributed by atoms with Gasteiger partial charge in [0.2, 0.25) is 5.91 Å². The van der Waals surface area contributed by atoms with Crippen LogP contribution in [0.5, 0.6) is 0 Å². The van der Waals surface area contributed by atoms with E-state index in [1.807, 2.05) is 12.1 Å². The molecule has 0 unspecified atom stereocenters. The summed E-state index contributed by atoms with van der Waals surface area (Å²) in [5.41, 5.74) is 1.66. The zero-order valence-electron chi connectivity index (χ0n) is 15.1. The number of piperazine rings is 1. The average molecular weight is 371 g/mol. The molecule has 0 radical (unpaired) electrons. The number of carbonyl (C=O) groups is 2. The maximum Gasteiger partial charge on any atom is 0.322 e. The number of urea groups is 1. The van der Waals surface area contributed by atoms with Crippen LogP contribution in [0.4, 0.5) is 20.6 Å². The van der Waals surface area contributed by atoms with Crippen molar-refractivity contribution in [1.82, 2.24) is 14.8 Å². The summed E-state index contributed by atoms with van der Waals surface area (Å²) in [7, 11) is 0. The van der Waals surface area contributed by atoms with Gasteiger partial charge in [-0.1, -0.05) is 0 Å². The molecule has 0 atom stereocenters. The summed E-state index contributed by atoms with van der Waals surface area (Å²) >= 11 is 0. The minimum absolute atomic E-state index is 0.0467. The summed E-state index contributed by atoms with van der Waals surface area (Å²) in [5.74, 6) is -0.807. The molecule has 1 aliphatic heterocycles. The number of benzene rings is 1. The van der Waals surface area contributed by atoms with Gasteiger partial charge in [0.1, 0.15) is 5.82 Å². The standard InChI is InChI=1S/C19H22FN5O2/c1-14(26)22-16-2-3-17(20)18(12-16)23-19(27)25-10-8-24(9-11-25)13-15-4-6-21-7-5-15/h2-7,12H,8-11,13H2,1H3,(H,22,26)(H,23,27). The van der Waals surface area contributed by atoms with E-state index in [0.717, 1.165) is 19.6 Å². The second-order valence-corrected chi connectivity index (χ2v) is 6.42. The molecule has 0 bridgehead atoms. The topological polar surface area (TPSA) is 77.6 Å². The molecule has 1 fully saturated rings. The minimum atomic E-state index is -0.547. The van der Waals surface area contributed by atoms with Gasteiger partial charge in [-0.25, -0.2) is 9.18 Å². The lowest BCUT2D eigenvalue weighted by Crippen LogP contribution is -2.49. The van der Waals surface area contributed by atoms with E-state index in [4.69, 9.17) is 0 Å². The molecule has 2 N–H and O–H groups in total. The van der Waals surface area contributed by atoms with E-state index in [1.54, 1.807) is 17.3 Å². The molecular formula is C19H22FN5O2. The maximum absolute atomic E-state index is 14.0. The van der Waals surface area contributed by atoms with Gasteiger partial charge in [0.15, 0.2) is 0 Å². The summed E-state index contributed by atoms with van der Waals surface area (Å²) in [6.45, 7) is 4.78. The van der Waals surface area contributed by atoms with Crippen LogP contribution in [0.1, 0.15) is 12.5 Å². The Morgan fingerprint density at radius 2 is 1.78 bits per heavy atom. The van der Waals surface area contributed by atoms with Crippen molar-refractivity contribution < 1.29 is 14.0 Å². The third-order valence-electron chi connectivity index (χ3n) is 4.34. The van der Waals surface area contributed by atoms with Crippen molar-refractivity contribution in [2.24, 2.45) is 0 Å². The van der Waals surface area contributed by atoms with Gasteiger partial charge in [0.05, 0.1) is 5.69 Å². The largest absolute Gasteiger partial charge is 0.326 e. The second kappa shape index (κ2) is 8.59. The molecule has 3 rings (SSSR count). The van der Waals surface area contributed by atoms with E-state index < -0.39 is 5.82 Å². The van der Waals surface area contributed by atoms with Gasteiger partial charge in [-0.05, 0) is 35.9 Å². The zero-order valence-corrected chi connectivity index (χ0v) is 15.1. The third-order valence-corrected chi connectivity index (χ3v) is 4.34. The lowest BCUT2D eigenvalue weighted by Gasteiger charge is -2.34. The first-order valence-corrected chi connectivity index (χ1v) is 8.75. The first-order chi connectivity index (χ1) is 13.0. The molecule has 2 heterocycles. The Hall–Kier alpha value is -3.00. The Bertz CT molecular complexity index is 807. The van der Waals surface area contributed by atoms with Crippen LogP contribution in [0.15, 0.2) is 42.7 Å². The number of nitrogens with one attached hydrogen (secondary N) is 2. The quantitative estimate of drug-likeness (QED) is 0.866. The van der Waals surface area contributed by atoms with Crippen LogP contribution in [-0.4, -0.2) is 52.9 Å². The number of hydrogen-bond donors (Lipinski definition) is 2. The molecule has 7 nitrogen and oxygen atoms in total. The average Bonchev–Trinajstić information content (AvgIpc) is 2.65. The highest BCUT2D eigenvalue weighted by Gasteiger charge is 2.22. The fraction of sp³-hybridized carbons (Fsp3) is 0.316. The number of halogens is 1. The maximum atomic E-state index is 14.0. The Morgan fingerprint density at radius 3 is 2.44 bits per heavy atom. The zero-order chi connectivity index (χ0) is 19.2. The Morgan fingerprint density at radius 1 is 1.07 bits per heavy atom. The molecule has 27 heavy (non-hydrogen) atoms. The van der Waals surface area contributed by atoms with Crippen molar-refractivity contribution in [3.63, 3.8) is 0 Å². The summed E-state index contributed by atoms with van der Waals surface area (Å²) in [4.78, 5) is 31.5. The van der Waals surface area contributed by atoms with Gasteiger partial charge in [0.25, 0.3) is 0 Å². The molecule has 0 saturated carbocycles.